The Bertz CT molecular complexity index is 1230. The number of carboxylic acid groups (broad SMARTS) is 2. The minimum atomic E-state index is -1.14. The highest BCUT2D eigenvalue weighted by atomic mass is 35.5. The number of carbonyl (C=O) groups excluding carboxylic acids is 1. The molecule has 188 valence electrons. The van der Waals surface area contributed by atoms with Crippen LogP contribution in [0.3, 0.4) is 0 Å². The van der Waals surface area contributed by atoms with Gasteiger partial charge < -0.3 is 20.8 Å². The lowest BCUT2D eigenvalue weighted by Crippen LogP contribution is -2.42. The van der Waals surface area contributed by atoms with E-state index in [9.17, 15) is 24.6 Å². The van der Waals surface area contributed by atoms with Crippen molar-refractivity contribution in [2.45, 2.75) is 38.9 Å². The first-order valence-electron chi connectivity index (χ1n) is 11.6. The Balaban J connectivity index is 1.73. The van der Waals surface area contributed by atoms with Crippen LogP contribution >= 0.6 is 11.6 Å². The molecular weight excluding hydrogens is 480 g/mol. The molecule has 2 atom stereocenters. The van der Waals surface area contributed by atoms with Crippen molar-refractivity contribution >= 4 is 29.4 Å². The van der Waals surface area contributed by atoms with E-state index in [4.69, 9.17) is 11.6 Å². The minimum absolute atomic E-state index is 0.0606. The molecule has 8 heteroatoms. The van der Waals surface area contributed by atoms with Crippen molar-refractivity contribution in [3.8, 4) is 11.1 Å². The number of aliphatic carboxylic acids is 2. The van der Waals surface area contributed by atoms with Crippen LogP contribution in [0.25, 0.3) is 11.1 Å². The van der Waals surface area contributed by atoms with Gasteiger partial charge in [-0.2, -0.15) is 0 Å². The zero-order valence-corrected chi connectivity index (χ0v) is 20.8. The second-order valence-corrected chi connectivity index (χ2v) is 9.25. The number of amides is 1. The highest BCUT2D eigenvalue weighted by molar-refractivity contribution is 6.33. The molecule has 4 N–H and O–H groups in total. The third kappa shape index (κ3) is 6.93. The van der Waals surface area contributed by atoms with Gasteiger partial charge in [-0.1, -0.05) is 86.1 Å². The summed E-state index contributed by atoms with van der Waals surface area (Å²) in [5.41, 5.74) is 3.78. The van der Waals surface area contributed by atoms with E-state index >= 15 is 0 Å². The number of carboxylic acids is 2. The molecule has 0 spiro atoms. The van der Waals surface area contributed by atoms with Gasteiger partial charge in [-0.3, -0.25) is 9.59 Å². The van der Waals surface area contributed by atoms with Gasteiger partial charge in [0.15, 0.2) is 0 Å². The van der Waals surface area contributed by atoms with Crippen molar-refractivity contribution in [1.29, 1.82) is 0 Å². The van der Waals surface area contributed by atoms with Crippen LogP contribution < -0.4 is 10.6 Å². The molecule has 0 heterocycles. The molecule has 0 aliphatic carbocycles. The largest absolute Gasteiger partial charge is 0.480 e. The number of nitrogens with one attached hydrogen (secondary N) is 2. The van der Waals surface area contributed by atoms with E-state index in [1.54, 1.807) is 18.2 Å². The highest BCUT2D eigenvalue weighted by Gasteiger charge is 2.23. The van der Waals surface area contributed by atoms with E-state index in [1.807, 2.05) is 62.4 Å². The van der Waals surface area contributed by atoms with E-state index in [1.165, 1.54) is 6.07 Å². The summed E-state index contributed by atoms with van der Waals surface area (Å²) >= 11 is 6.06. The number of halogens is 1. The molecule has 0 radical (unpaired) electrons. The zero-order valence-electron chi connectivity index (χ0n) is 20.1. The normalized spacial score (nSPS) is 12.7. The van der Waals surface area contributed by atoms with Gasteiger partial charge in [0, 0.05) is 13.0 Å². The minimum Gasteiger partial charge on any atom is -0.480 e. The van der Waals surface area contributed by atoms with Crippen molar-refractivity contribution in [2.75, 3.05) is 0 Å². The predicted molar refractivity (Wildman–Crippen MR) is 139 cm³/mol. The number of benzene rings is 3. The van der Waals surface area contributed by atoms with Crippen molar-refractivity contribution < 1.29 is 24.6 Å². The molecule has 0 saturated carbocycles. The van der Waals surface area contributed by atoms with Crippen molar-refractivity contribution in [1.82, 2.24) is 10.6 Å². The maximum absolute atomic E-state index is 12.5. The molecule has 3 aromatic carbocycles. The van der Waals surface area contributed by atoms with Gasteiger partial charge in [0.25, 0.3) is 5.91 Å². The lowest BCUT2D eigenvalue weighted by atomic mass is 9.96. The Morgan fingerprint density at radius 2 is 1.50 bits per heavy atom. The predicted octanol–water partition coefficient (Wildman–Crippen LogP) is 4.63. The van der Waals surface area contributed by atoms with Crippen molar-refractivity contribution in [3.63, 3.8) is 0 Å². The highest BCUT2D eigenvalue weighted by Crippen LogP contribution is 2.25. The van der Waals surface area contributed by atoms with Gasteiger partial charge >= 0.3 is 11.9 Å². The molecule has 1 amide bonds. The summed E-state index contributed by atoms with van der Waals surface area (Å²) in [6, 6.07) is 19.8. The van der Waals surface area contributed by atoms with Crippen LogP contribution in [0, 0.1) is 5.92 Å². The fourth-order valence-corrected chi connectivity index (χ4v) is 4.14. The standard InChI is InChI=1S/C28H29ClN2O5/c1-17(2)25(28(35)36)30-16-20-7-3-4-8-21(20)19-13-11-18(12-14-19)15-24(27(33)34)31-26(32)22-9-5-6-10-23(22)29/h3-14,17,24-25,30H,15-16H2,1-2H3,(H,31,32)(H,33,34)(H,35,36). The Labute approximate surface area is 215 Å². The van der Waals surface area contributed by atoms with Crippen molar-refractivity contribution in [3.05, 3.63) is 94.5 Å². The van der Waals surface area contributed by atoms with Crippen LogP contribution in [0.2, 0.25) is 5.02 Å². The number of hydrogen-bond donors (Lipinski definition) is 4. The molecular formula is C28H29ClN2O5. The van der Waals surface area contributed by atoms with Crippen LogP contribution in [0.4, 0.5) is 0 Å². The Morgan fingerprint density at radius 3 is 2.11 bits per heavy atom. The van der Waals surface area contributed by atoms with E-state index in [0.717, 1.165) is 22.3 Å². The third-order valence-corrected chi connectivity index (χ3v) is 6.22. The van der Waals surface area contributed by atoms with Gasteiger partial charge in [-0.05, 0) is 40.3 Å². The summed E-state index contributed by atoms with van der Waals surface area (Å²) in [6.45, 7) is 4.11. The Morgan fingerprint density at radius 1 is 0.861 bits per heavy atom. The summed E-state index contributed by atoms with van der Waals surface area (Å²) in [6.07, 6.45) is 0.101. The van der Waals surface area contributed by atoms with E-state index in [0.29, 0.717) is 6.54 Å². The maximum atomic E-state index is 12.5. The van der Waals surface area contributed by atoms with Gasteiger partial charge in [0.1, 0.15) is 12.1 Å². The molecule has 0 aromatic heterocycles. The molecule has 36 heavy (non-hydrogen) atoms. The fourth-order valence-electron chi connectivity index (χ4n) is 3.92. The summed E-state index contributed by atoms with van der Waals surface area (Å²) < 4.78 is 0. The van der Waals surface area contributed by atoms with Gasteiger partial charge in [-0.25, -0.2) is 4.79 Å². The number of rotatable bonds is 11. The van der Waals surface area contributed by atoms with Crippen LogP contribution in [0.15, 0.2) is 72.8 Å². The fraction of sp³-hybridized carbons (Fsp3) is 0.250. The number of hydrogen-bond acceptors (Lipinski definition) is 4. The quantitative estimate of drug-likeness (QED) is 0.300. The first-order chi connectivity index (χ1) is 17.2. The second kappa shape index (κ2) is 12.3. The van der Waals surface area contributed by atoms with E-state index in [-0.39, 0.29) is 22.9 Å². The first-order valence-corrected chi connectivity index (χ1v) is 12.0. The first kappa shape index (κ1) is 26.9. The molecule has 0 aliphatic rings. The van der Waals surface area contributed by atoms with Crippen LogP contribution in [0.1, 0.15) is 35.3 Å². The molecule has 3 rings (SSSR count). The molecule has 0 bridgehead atoms. The van der Waals surface area contributed by atoms with Gasteiger partial charge in [0.2, 0.25) is 0 Å². The summed E-state index contributed by atoms with van der Waals surface area (Å²) in [7, 11) is 0. The average Bonchev–Trinajstić information content (AvgIpc) is 2.84. The van der Waals surface area contributed by atoms with Crippen LogP contribution in [-0.4, -0.2) is 40.1 Å². The van der Waals surface area contributed by atoms with E-state index < -0.39 is 29.9 Å². The molecule has 0 saturated heterocycles. The maximum Gasteiger partial charge on any atom is 0.326 e. The lowest BCUT2D eigenvalue weighted by molar-refractivity contribution is -0.141. The zero-order chi connectivity index (χ0) is 26.2. The number of carbonyl (C=O) groups is 3. The second-order valence-electron chi connectivity index (χ2n) is 8.84. The molecule has 3 aromatic rings. The summed E-state index contributed by atoms with van der Waals surface area (Å²) in [5.74, 6) is -2.64. The molecule has 0 fully saturated rings. The molecule has 7 nitrogen and oxygen atoms in total. The monoisotopic (exact) mass is 508 g/mol. The van der Waals surface area contributed by atoms with Crippen LogP contribution in [-0.2, 0) is 22.6 Å². The van der Waals surface area contributed by atoms with Crippen LogP contribution in [0.5, 0.6) is 0 Å². The lowest BCUT2D eigenvalue weighted by Gasteiger charge is -2.19. The molecule has 0 aliphatic heterocycles. The summed E-state index contributed by atoms with van der Waals surface area (Å²) in [5, 5.41) is 25.0. The average molecular weight is 509 g/mol. The SMILES string of the molecule is CC(C)C(NCc1ccccc1-c1ccc(CC(NC(=O)c2ccccc2Cl)C(=O)O)cc1)C(=O)O. The third-order valence-electron chi connectivity index (χ3n) is 5.89. The van der Waals surface area contributed by atoms with E-state index in [2.05, 4.69) is 10.6 Å². The smallest absolute Gasteiger partial charge is 0.326 e. The van der Waals surface area contributed by atoms with Crippen molar-refractivity contribution in [2.24, 2.45) is 5.92 Å². The Kier molecular flexibility index (Phi) is 9.22. The molecule has 2 unspecified atom stereocenters. The summed E-state index contributed by atoms with van der Waals surface area (Å²) in [4.78, 5) is 35.9. The van der Waals surface area contributed by atoms with Gasteiger partial charge in [-0.15, -0.1) is 0 Å². The topological polar surface area (TPSA) is 116 Å². The Hall–Kier alpha value is -3.68. The van der Waals surface area contributed by atoms with Gasteiger partial charge in [0.05, 0.1) is 10.6 Å².